The quantitative estimate of drug-likeness (QED) is 0.545. The Bertz CT molecular complexity index is 80.6. The van der Waals surface area contributed by atoms with Crippen LogP contribution in [0.25, 0.3) is 0 Å². The maximum absolute atomic E-state index is 2.38. The average molecular weight is 144 g/mol. The van der Waals surface area contributed by atoms with Crippen molar-refractivity contribution in [1.82, 2.24) is 0 Å². The van der Waals surface area contributed by atoms with Gasteiger partial charge >= 0.3 is 0 Å². The van der Waals surface area contributed by atoms with Crippen molar-refractivity contribution in [2.45, 2.75) is 32.4 Å². The van der Waals surface area contributed by atoms with E-state index in [1.54, 1.807) is 0 Å². The van der Waals surface area contributed by atoms with E-state index in [9.17, 15) is 0 Å². The highest BCUT2D eigenvalue weighted by atomic mass is 32.2. The largest absolute Gasteiger partial charge is 0.158 e. The molecule has 1 heteroatoms. The van der Waals surface area contributed by atoms with Gasteiger partial charge in [-0.25, -0.2) is 0 Å². The van der Waals surface area contributed by atoms with E-state index >= 15 is 0 Å². The van der Waals surface area contributed by atoms with Crippen molar-refractivity contribution in [3.63, 3.8) is 0 Å². The van der Waals surface area contributed by atoms with E-state index in [0.717, 1.165) is 17.1 Å². The molecule has 1 aliphatic rings. The van der Waals surface area contributed by atoms with E-state index in [4.69, 9.17) is 0 Å². The van der Waals surface area contributed by atoms with Crippen molar-refractivity contribution >= 4 is 11.8 Å². The molecule has 0 aromatic rings. The van der Waals surface area contributed by atoms with Gasteiger partial charge in [0, 0.05) is 5.25 Å². The van der Waals surface area contributed by atoms with Crippen LogP contribution in [0.4, 0.5) is 0 Å². The highest BCUT2D eigenvalue weighted by Gasteiger charge is 2.28. The highest BCUT2D eigenvalue weighted by Crippen LogP contribution is 2.37. The van der Waals surface area contributed by atoms with Crippen LogP contribution in [0.3, 0.4) is 0 Å². The van der Waals surface area contributed by atoms with Gasteiger partial charge in [-0.2, -0.15) is 11.8 Å². The van der Waals surface area contributed by atoms with Gasteiger partial charge in [-0.1, -0.05) is 27.2 Å². The topological polar surface area (TPSA) is 0 Å². The summed E-state index contributed by atoms with van der Waals surface area (Å²) in [5.41, 5.74) is 0. The van der Waals surface area contributed by atoms with Crippen molar-refractivity contribution < 1.29 is 0 Å². The Balaban J connectivity index is 2.44. The second-order valence-electron chi connectivity index (χ2n) is 3.09. The molecule has 1 unspecified atom stereocenters. The van der Waals surface area contributed by atoms with E-state index in [2.05, 4.69) is 32.5 Å². The molecule has 0 saturated carbocycles. The third-order valence-electron chi connectivity index (χ3n) is 2.43. The molecular formula is C8H16S. The molecule has 0 aliphatic carbocycles. The van der Waals surface area contributed by atoms with Gasteiger partial charge in [0.05, 0.1) is 0 Å². The van der Waals surface area contributed by atoms with Gasteiger partial charge in [-0.05, 0) is 17.6 Å². The van der Waals surface area contributed by atoms with Crippen molar-refractivity contribution in [2.24, 2.45) is 11.8 Å². The number of hydrogen-bond acceptors (Lipinski definition) is 1. The van der Waals surface area contributed by atoms with E-state index < -0.39 is 0 Å². The Morgan fingerprint density at radius 1 is 1.44 bits per heavy atom. The molecule has 1 rings (SSSR count). The van der Waals surface area contributed by atoms with E-state index in [0.29, 0.717) is 0 Å². The monoisotopic (exact) mass is 144 g/mol. The van der Waals surface area contributed by atoms with Crippen LogP contribution in [0.5, 0.6) is 0 Å². The Morgan fingerprint density at radius 2 is 2.11 bits per heavy atom. The zero-order valence-corrected chi connectivity index (χ0v) is 7.37. The lowest BCUT2D eigenvalue weighted by Gasteiger charge is -2.15. The fourth-order valence-corrected chi connectivity index (χ4v) is 3.31. The Hall–Kier alpha value is 0.350. The number of hydrogen-bond donors (Lipinski definition) is 0. The molecule has 54 valence electrons. The SMILES string of the molecule is CCC1[C@H](C)SC[C@@H]1C. The minimum absolute atomic E-state index is 0.921. The number of rotatable bonds is 1. The van der Waals surface area contributed by atoms with Gasteiger partial charge in [0.25, 0.3) is 0 Å². The first-order valence-electron chi connectivity index (χ1n) is 3.87. The average Bonchev–Trinajstić information content (AvgIpc) is 2.12. The summed E-state index contributed by atoms with van der Waals surface area (Å²) >= 11 is 2.14. The van der Waals surface area contributed by atoms with Crippen molar-refractivity contribution in [2.75, 3.05) is 5.75 Å². The fraction of sp³-hybridized carbons (Fsp3) is 1.00. The lowest BCUT2D eigenvalue weighted by Crippen LogP contribution is -2.12. The molecule has 1 fully saturated rings. The second kappa shape index (κ2) is 2.96. The minimum Gasteiger partial charge on any atom is -0.158 e. The van der Waals surface area contributed by atoms with Crippen molar-refractivity contribution in [1.29, 1.82) is 0 Å². The first-order chi connectivity index (χ1) is 4.25. The summed E-state index contributed by atoms with van der Waals surface area (Å²) in [5, 5.41) is 0.921. The Kier molecular flexibility index (Phi) is 2.45. The summed E-state index contributed by atoms with van der Waals surface area (Å²) in [6.45, 7) is 7.05. The van der Waals surface area contributed by atoms with Crippen LogP contribution in [-0.2, 0) is 0 Å². The maximum atomic E-state index is 2.38. The normalized spacial score (nSPS) is 43.7. The smallest absolute Gasteiger partial charge is 0.00498 e. The predicted molar refractivity (Wildman–Crippen MR) is 44.9 cm³/mol. The van der Waals surface area contributed by atoms with Gasteiger partial charge in [0.1, 0.15) is 0 Å². The van der Waals surface area contributed by atoms with Gasteiger partial charge in [0.15, 0.2) is 0 Å². The van der Waals surface area contributed by atoms with Crippen LogP contribution in [0, 0.1) is 11.8 Å². The lowest BCUT2D eigenvalue weighted by molar-refractivity contribution is 0.398. The third kappa shape index (κ3) is 1.43. The van der Waals surface area contributed by atoms with Crippen molar-refractivity contribution in [3.8, 4) is 0 Å². The Labute approximate surface area is 62.4 Å². The summed E-state index contributed by atoms with van der Waals surface area (Å²) in [5.74, 6) is 3.35. The molecule has 0 bridgehead atoms. The molecule has 3 atom stereocenters. The lowest BCUT2D eigenvalue weighted by atomic mass is 9.91. The minimum atomic E-state index is 0.921. The van der Waals surface area contributed by atoms with Gasteiger partial charge < -0.3 is 0 Å². The van der Waals surface area contributed by atoms with Crippen LogP contribution in [-0.4, -0.2) is 11.0 Å². The van der Waals surface area contributed by atoms with Gasteiger partial charge in [-0.3, -0.25) is 0 Å². The molecule has 9 heavy (non-hydrogen) atoms. The van der Waals surface area contributed by atoms with Crippen LogP contribution in [0.2, 0.25) is 0 Å². The van der Waals surface area contributed by atoms with E-state index in [-0.39, 0.29) is 0 Å². The zero-order valence-electron chi connectivity index (χ0n) is 6.55. The second-order valence-corrected chi connectivity index (χ2v) is 4.50. The van der Waals surface area contributed by atoms with Crippen molar-refractivity contribution in [3.05, 3.63) is 0 Å². The molecular weight excluding hydrogens is 128 g/mol. The summed E-state index contributed by atoms with van der Waals surface area (Å²) in [4.78, 5) is 0. The summed E-state index contributed by atoms with van der Waals surface area (Å²) in [6.07, 6.45) is 1.37. The summed E-state index contributed by atoms with van der Waals surface area (Å²) < 4.78 is 0. The van der Waals surface area contributed by atoms with Crippen LogP contribution < -0.4 is 0 Å². The first kappa shape index (κ1) is 7.46. The Morgan fingerprint density at radius 3 is 2.33 bits per heavy atom. The first-order valence-corrected chi connectivity index (χ1v) is 4.92. The maximum Gasteiger partial charge on any atom is 0.00498 e. The molecule has 0 spiro atoms. The van der Waals surface area contributed by atoms with Crippen LogP contribution >= 0.6 is 11.8 Å². The highest BCUT2D eigenvalue weighted by molar-refractivity contribution is 8.00. The molecule has 0 aromatic heterocycles. The summed E-state index contributed by atoms with van der Waals surface area (Å²) in [7, 11) is 0. The van der Waals surface area contributed by atoms with Gasteiger partial charge in [0.2, 0.25) is 0 Å². The molecule has 0 aromatic carbocycles. The fourth-order valence-electron chi connectivity index (χ4n) is 1.75. The number of thioether (sulfide) groups is 1. The molecule has 0 nitrogen and oxygen atoms in total. The molecule has 1 aliphatic heterocycles. The predicted octanol–water partition coefficient (Wildman–Crippen LogP) is 2.78. The molecule has 1 heterocycles. The molecule has 0 N–H and O–H groups in total. The third-order valence-corrected chi connectivity index (χ3v) is 4.02. The zero-order chi connectivity index (χ0) is 6.85. The molecule has 0 amide bonds. The standard InChI is InChI=1S/C8H16S/c1-4-8-6(2)5-9-7(8)3/h6-8H,4-5H2,1-3H3/t6-,7-,8?/m0/s1. The van der Waals surface area contributed by atoms with E-state index in [1.165, 1.54) is 12.2 Å². The molecule has 0 radical (unpaired) electrons. The van der Waals surface area contributed by atoms with E-state index in [1.807, 2.05) is 0 Å². The van der Waals surface area contributed by atoms with Crippen LogP contribution in [0.1, 0.15) is 27.2 Å². The van der Waals surface area contributed by atoms with Gasteiger partial charge in [-0.15, -0.1) is 0 Å². The summed E-state index contributed by atoms with van der Waals surface area (Å²) in [6, 6.07) is 0. The van der Waals surface area contributed by atoms with Crippen LogP contribution in [0.15, 0.2) is 0 Å². The molecule has 1 saturated heterocycles.